The molecule has 0 amide bonds. The van der Waals surface area contributed by atoms with Crippen LogP contribution in [0.1, 0.15) is 0 Å². The van der Waals surface area contributed by atoms with Crippen LogP contribution in [0.2, 0.25) is 25.7 Å². The summed E-state index contributed by atoms with van der Waals surface area (Å²) in [5.41, 5.74) is -0.0483. The van der Waals surface area contributed by atoms with Gasteiger partial charge in [-0.3, -0.25) is 10.1 Å². The molecule has 0 aliphatic carbocycles. The molecule has 0 unspecified atom stereocenters. The minimum absolute atomic E-state index is 0.214. The highest BCUT2D eigenvalue weighted by molar-refractivity contribution is 6.76. The minimum atomic E-state index is -1.15. The van der Waals surface area contributed by atoms with E-state index in [9.17, 15) is 14.5 Å². The zero-order chi connectivity index (χ0) is 15.6. The highest BCUT2D eigenvalue weighted by Gasteiger charge is 2.17. The third-order valence-corrected chi connectivity index (χ3v) is 4.82. The Balaban J connectivity index is 2.11. The number of benzene rings is 1. The molecular formula is C13H18FN3O3Si. The molecule has 8 heteroatoms. The van der Waals surface area contributed by atoms with Crippen molar-refractivity contribution in [3.05, 3.63) is 34.3 Å². The van der Waals surface area contributed by atoms with E-state index in [0.717, 1.165) is 12.1 Å². The van der Waals surface area contributed by atoms with Crippen molar-refractivity contribution < 1.29 is 14.1 Å². The van der Waals surface area contributed by atoms with Crippen molar-refractivity contribution in [1.29, 1.82) is 0 Å². The van der Waals surface area contributed by atoms with E-state index in [1.54, 1.807) is 0 Å². The van der Waals surface area contributed by atoms with E-state index in [2.05, 4.69) is 24.7 Å². The van der Waals surface area contributed by atoms with Gasteiger partial charge in [0.05, 0.1) is 16.6 Å². The van der Waals surface area contributed by atoms with E-state index >= 15 is 0 Å². The Labute approximate surface area is 122 Å². The molecule has 0 fully saturated rings. The molecule has 0 N–H and O–H groups in total. The molecule has 0 atom stereocenters. The van der Waals surface area contributed by atoms with E-state index < -0.39 is 24.5 Å². The molecule has 0 saturated carbocycles. The molecule has 0 aliphatic rings. The first-order valence-electron chi connectivity index (χ1n) is 6.65. The van der Waals surface area contributed by atoms with Crippen molar-refractivity contribution in [2.24, 2.45) is 0 Å². The van der Waals surface area contributed by atoms with Crippen molar-refractivity contribution in [3.8, 4) is 0 Å². The van der Waals surface area contributed by atoms with Crippen LogP contribution in [0.15, 0.2) is 18.3 Å². The number of hydrogen-bond donors (Lipinski definition) is 0. The summed E-state index contributed by atoms with van der Waals surface area (Å²) in [5.74, 6) is -0.864. The van der Waals surface area contributed by atoms with Gasteiger partial charge >= 0.3 is 5.69 Å². The average Bonchev–Trinajstić information content (AvgIpc) is 2.74. The van der Waals surface area contributed by atoms with Gasteiger partial charge in [-0.05, 0) is 6.04 Å². The third kappa shape index (κ3) is 3.85. The first kappa shape index (κ1) is 15.6. The minimum Gasteiger partial charge on any atom is -0.360 e. The second-order valence-corrected chi connectivity index (χ2v) is 11.7. The van der Waals surface area contributed by atoms with Gasteiger partial charge in [0, 0.05) is 32.2 Å². The maximum absolute atomic E-state index is 13.7. The van der Waals surface area contributed by atoms with Gasteiger partial charge in [-0.2, -0.15) is 9.49 Å². The van der Waals surface area contributed by atoms with E-state index in [4.69, 9.17) is 4.74 Å². The number of halogens is 1. The van der Waals surface area contributed by atoms with E-state index in [-0.39, 0.29) is 6.73 Å². The highest BCUT2D eigenvalue weighted by atomic mass is 28.3. The topological polar surface area (TPSA) is 70.2 Å². The largest absolute Gasteiger partial charge is 0.360 e. The predicted octanol–water partition coefficient (Wildman–Crippen LogP) is 3.40. The molecule has 2 rings (SSSR count). The molecule has 6 nitrogen and oxygen atoms in total. The van der Waals surface area contributed by atoms with Gasteiger partial charge in [-0.15, -0.1) is 0 Å². The number of ether oxygens (including phenoxy) is 1. The Morgan fingerprint density at radius 3 is 2.76 bits per heavy atom. The average molecular weight is 311 g/mol. The van der Waals surface area contributed by atoms with Crippen molar-refractivity contribution in [3.63, 3.8) is 0 Å². The van der Waals surface area contributed by atoms with Crippen LogP contribution in [-0.4, -0.2) is 29.4 Å². The molecule has 114 valence electrons. The molecule has 21 heavy (non-hydrogen) atoms. The third-order valence-electron chi connectivity index (χ3n) is 3.12. The Hall–Kier alpha value is -1.80. The fourth-order valence-electron chi connectivity index (χ4n) is 1.86. The number of nitrogens with zero attached hydrogens (tertiary/aromatic N) is 3. The summed E-state index contributed by atoms with van der Waals surface area (Å²) >= 11 is 0. The van der Waals surface area contributed by atoms with Gasteiger partial charge in [0.2, 0.25) is 5.82 Å². The standard InChI is InChI=1S/C13H18FN3O3Si/c1-21(2,3)5-4-20-9-16-12-7-11(14)13(17(18)19)6-10(12)8-15-16/h6-8H,4-5,9H2,1-3H3. The van der Waals surface area contributed by atoms with E-state index in [1.807, 2.05) is 0 Å². The van der Waals surface area contributed by atoms with Crippen LogP contribution in [0.4, 0.5) is 10.1 Å². The fraction of sp³-hybridized carbons (Fsp3) is 0.462. The monoisotopic (exact) mass is 311 g/mol. The molecule has 0 aliphatic heterocycles. The van der Waals surface area contributed by atoms with E-state index in [1.165, 1.54) is 16.9 Å². The lowest BCUT2D eigenvalue weighted by atomic mass is 10.2. The molecule has 2 aromatic rings. The van der Waals surface area contributed by atoms with Crippen LogP contribution < -0.4 is 0 Å². The lowest BCUT2D eigenvalue weighted by Gasteiger charge is -2.15. The number of nitro groups is 1. The first-order valence-corrected chi connectivity index (χ1v) is 10.4. The maximum Gasteiger partial charge on any atom is 0.305 e. The van der Waals surface area contributed by atoms with Crippen LogP contribution in [0.3, 0.4) is 0 Å². The fourth-order valence-corrected chi connectivity index (χ4v) is 2.62. The quantitative estimate of drug-likeness (QED) is 0.355. The lowest BCUT2D eigenvalue weighted by Crippen LogP contribution is -2.22. The second-order valence-electron chi connectivity index (χ2n) is 6.11. The first-order chi connectivity index (χ1) is 9.78. The molecule has 0 bridgehead atoms. The van der Waals surface area contributed by atoms with Gasteiger partial charge in [-0.1, -0.05) is 19.6 Å². The Kier molecular flexibility index (Phi) is 4.38. The van der Waals surface area contributed by atoms with Crippen LogP contribution >= 0.6 is 0 Å². The maximum atomic E-state index is 13.7. The smallest absolute Gasteiger partial charge is 0.305 e. The molecule has 1 aromatic heterocycles. The summed E-state index contributed by atoms with van der Waals surface area (Å²) in [7, 11) is -1.15. The second kappa shape index (κ2) is 5.90. The van der Waals surface area contributed by atoms with Crippen LogP contribution in [0.5, 0.6) is 0 Å². The van der Waals surface area contributed by atoms with E-state index in [0.29, 0.717) is 17.5 Å². The lowest BCUT2D eigenvalue weighted by molar-refractivity contribution is -0.387. The summed E-state index contributed by atoms with van der Waals surface area (Å²) in [4.78, 5) is 9.96. The summed E-state index contributed by atoms with van der Waals surface area (Å²) in [5, 5.41) is 15.3. The SMILES string of the molecule is C[Si](C)(C)CCOCn1ncc2cc([N+](=O)[O-])c(F)cc21. The van der Waals surface area contributed by atoms with Crippen molar-refractivity contribution in [2.75, 3.05) is 6.61 Å². The number of hydrogen-bond acceptors (Lipinski definition) is 4. The summed E-state index contributed by atoms with van der Waals surface area (Å²) < 4.78 is 20.7. The Bertz CT molecular complexity index is 666. The number of nitro benzene ring substituents is 1. The molecule has 0 radical (unpaired) electrons. The summed E-state index contributed by atoms with van der Waals surface area (Å²) in [6.45, 7) is 7.62. The Morgan fingerprint density at radius 1 is 1.43 bits per heavy atom. The molecule has 0 saturated heterocycles. The predicted molar refractivity (Wildman–Crippen MR) is 80.5 cm³/mol. The van der Waals surface area contributed by atoms with Gasteiger partial charge in [0.1, 0.15) is 6.73 Å². The zero-order valence-electron chi connectivity index (χ0n) is 12.3. The normalized spacial score (nSPS) is 12.0. The van der Waals surface area contributed by atoms with Gasteiger partial charge in [0.15, 0.2) is 0 Å². The molecule has 0 spiro atoms. The van der Waals surface area contributed by atoms with Gasteiger partial charge in [0.25, 0.3) is 0 Å². The molecular weight excluding hydrogens is 293 g/mol. The number of fused-ring (bicyclic) bond motifs is 1. The zero-order valence-corrected chi connectivity index (χ0v) is 13.3. The van der Waals surface area contributed by atoms with Crippen molar-refractivity contribution >= 4 is 24.7 Å². The van der Waals surface area contributed by atoms with Crippen LogP contribution in [0, 0.1) is 15.9 Å². The van der Waals surface area contributed by atoms with Crippen LogP contribution in [-0.2, 0) is 11.5 Å². The molecule has 1 heterocycles. The Morgan fingerprint density at radius 2 is 2.14 bits per heavy atom. The van der Waals surface area contributed by atoms with Gasteiger partial charge in [-0.25, -0.2) is 4.68 Å². The van der Waals surface area contributed by atoms with Gasteiger partial charge < -0.3 is 4.74 Å². The summed E-state index contributed by atoms with van der Waals surface area (Å²) in [6.07, 6.45) is 1.48. The van der Waals surface area contributed by atoms with Crippen molar-refractivity contribution in [1.82, 2.24) is 9.78 Å². The summed E-state index contributed by atoms with van der Waals surface area (Å²) in [6, 6.07) is 3.35. The van der Waals surface area contributed by atoms with Crippen LogP contribution in [0.25, 0.3) is 10.9 Å². The number of rotatable bonds is 6. The van der Waals surface area contributed by atoms with Crippen molar-refractivity contribution in [2.45, 2.75) is 32.4 Å². The highest BCUT2D eigenvalue weighted by Crippen LogP contribution is 2.24. The number of aromatic nitrogens is 2. The molecule has 1 aromatic carbocycles.